The largest absolute Gasteiger partial charge is 0.417 e. The van der Waals surface area contributed by atoms with Gasteiger partial charge in [-0.25, -0.2) is 9.97 Å². The van der Waals surface area contributed by atoms with E-state index >= 15 is 0 Å². The van der Waals surface area contributed by atoms with Crippen molar-refractivity contribution >= 4 is 5.95 Å². The van der Waals surface area contributed by atoms with E-state index in [0.29, 0.717) is 12.3 Å². The molecule has 0 unspecified atom stereocenters. The summed E-state index contributed by atoms with van der Waals surface area (Å²) >= 11 is 0. The monoisotopic (exact) mass is 474 g/mol. The fourth-order valence-corrected chi connectivity index (χ4v) is 4.18. The normalized spacial score (nSPS) is 15.3. The molecule has 10 heteroatoms. The number of piperazine rings is 1. The molecule has 3 aromatic rings. The molecule has 0 aliphatic carbocycles. The number of nitrogens with zero attached hydrogens (tertiary/aromatic N) is 6. The molecule has 0 bridgehead atoms. The first-order valence-electron chi connectivity index (χ1n) is 11.5. The minimum Gasteiger partial charge on any atom is -0.359 e. The molecule has 0 radical (unpaired) electrons. The number of hydrogen-bond acceptors (Lipinski definition) is 7. The average molecular weight is 475 g/mol. The molecular formula is C24H29F3N6O. The SMILES string of the molecule is CCN(CCCN1CCN(c2ncccn2)CC1)Cc1cc(-c2ccccc2C(F)(F)F)no1. The zero-order valence-electron chi connectivity index (χ0n) is 19.2. The summed E-state index contributed by atoms with van der Waals surface area (Å²) < 4.78 is 45.4. The first-order valence-corrected chi connectivity index (χ1v) is 11.5. The van der Waals surface area contributed by atoms with Crippen molar-refractivity contribution in [2.24, 2.45) is 0 Å². The van der Waals surface area contributed by atoms with E-state index in [4.69, 9.17) is 4.52 Å². The lowest BCUT2D eigenvalue weighted by Crippen LogP contribution is -2.47. The van der Waals surface area contributed by atoms with Crippen molar-refractivity contribution in [2.45, 2.75) is 26.1 Å². The van der Waals surface area contributed by atoms with Crippen molar-refractivity contribution < 1.29 is 17.7 Å². The topological polar surface area (TPSA) is 61.5 Å². The van der Waals surface area contributed by atoms with Crippen LogP contribution in [0.25, 0.3) is 11.3 Å². The fourth-order valence-electron chi connectivity index (χ4n) is 4.18. The second kappa shape index (κ2) is 11.0. The Morgan fingerprint density at radius 1 is 1.03 bits per heavy atom. The highest BCUT2D eigenvalue weighted by Gasteiger charge is 2.34. The van der Waals surface area contributed by atoms with Gasteiger partial charge < -0.3 is 9.42 Å². The number of rotatable bonds is 9. The van der Waals surface area contributed by atoms with Gasteiger partial charge in [-0.2, -0.15) is 13.2 Å². The van der Waals surface area contributed by atoms with Gasteiger partial charge in [0.1, 0.15) is 5.69 Å². The van der Waals surface area contributed by atoms with Gasteiger partial charge in [0, 0.05) is 50.2 Å². The number of anilines is 1. The zero-order chi connectivity index (χ0) is 24.0. The summed E-state index contributed by atoms with van der Waals surface area (Å²) in [4.78, 5) is 15.5. The van der Waals surface area contributed by atoms with Gasteiger partial charge in [0.15, 0.2) is 5.76 Å². The van der Waals surface area contributed by atoms with Gasteiger partial charge in [-0.05, 0) is 38.2 Å². The molecule has 0 atom stereocenters. The summed E-state index contributed by atoms with van der Waals surface area (Å²) in [6.07, 6.45) is 0.0829. The lowest BCUT2D eigenvalue weighted by atomic mass is 10.0. The molecular weight excluding hydrogens is 445 g/mol. The van der Waals surface area contributed by atoms with Crippen LogP contribution in [0.5, 0.6) is 0 Å². The summed E-state index contributed by atoms with van der Waals surface area (Å²) in [6.45, 7) is 8.99. The van der Waals surface area contributed by atoms with Crippen LogP contribution >= 0.6 is 0 Å². The maximum absolute atomic E-state index is 13.3. The Kier molecular flexibility index (Phi) is 7.79. The zero-order valence-corrected chi connectivity index (χ0v) is 19.2. The molecule has 2 aromatic heterocycles. The Hall–Kier alpha value is -2.98. The van der Waals surface area contributed by atoms with E-state index in [1.165, 1.54) is 12.1 Å². The number of aromatic nitrogens is 3. The van der Waals surface area contributed by atoms with Crippen LogP contribution in [0, 0.1) is 0 Å². The molecule has 0 spiro atoms. The summed E-state index contributed by atoms with van der Waals surface area (Å²) in [5.41, 5.74) is -0.464. The molecule has 1 aliphatic heterocycles. The second-order valence-corrected chi connectivity index (χ2v) is 8.32. The smallest absolute Gasteiger partial charge is 0.359 e. The second-order valence-electron chi connectivity index (χ2n) is 8.32. The van der Waals surface area contributed by atoms with Crippen molar-refractivity contribution in [3.63, 3.8) is 0 Å². The quantitative estimate of drug-likeness (QED) is 0.461. The number of benzene rings is 1. The third-order valence-electron chi connectivity index (χ3n) is 6.05. The maximum Gasteiger partial charge on any atom is 0.417 e. The van der Waals surface area contributed by atoms with Crippen LogP contribution in [-0.2, 0) is 12.7 Å². The van der Waals surface area contributed by atoms with Gasteiger partial charge in [-0.15, -0.1) is 0 Å². The maximum atomic E-state index is 13.3. The van der Waals surface area contributed by atoms with E-state index in [0.717, 1.165) is 64.2 Å². The predicted octanol–water partition coefficient (Wildman–Crippen LogP) is 4.18. The fraction of sp³-hybridized carbons (Fsp3) is 0.458. The van der Waals surface area contributed by atoms with Crippen molar-refractivity contribution in [3.05, 3.63) is 60.1 Å². The van der Waals surface area contributed by atoms with Crippen molar-refractivity contribution in [1.29, 1.82) is 0 Å². The molecule has 0 N–H and O–H groups in total. The Bertz CT molecular complexity index is 1030. The van der Waals surface area contributed by atoms with Crippen LogP contribution in [0.2, 0.25) is 0 Å². The summed E-state index contributed by atoms with van der Waals surface area (Å²) in [5, 5.41) is 3.91. The predicted molar refractivity (Wildman–Crippen MR) is 123 cm³/mol. The molecule has 4 rings (SSSR count). The van der Waals surface area contributed by atoms with Crippen LogP contribution in [0.1, 0.15) is 24.7 Å². The molecule has 0 amide bonds. The van der Waals surface area contributed by atoms with E-state index in [1.807, 2.05) is 6.07 Å². The van der Waals surface area contributed by atoms with Gasteiger partial charge in [-0.1, -0.05) is 30.3 Å². The van der Waals surface area contributed by atoms with Gasteiger partial charge in [0.2, 0.25) is 5.95 Å². The van der Waals surface area contributed by atoms with Crippen LogP contribution < -0.4 is 4.90 Å². The lowest BCUT2D eigenvalue weighted by Gasteiger charge is -2.35. The van der Waals surface area contributed by atoms with Crippen LogP contribution in [-0.4, -0.2) is 70.7 Å². The third kappa shape index (κ3) is 6.12. The highest BCUT2D eigenvalue weighted by molar-refractivity contribution is 5.64. The number of alkyl halides is 3. The van der Waals surface area contributed by atoms with Crippen molar-refractivity contribution in [1.82, 2.24) is 24.9 Å². The Morgan fingerprint density at radius 2 is 1.76 bits per heavy atom. The summed E-state index contributed by atoms with van der Waals surface area (Å²) in [5.74, 6) is 1.34. The molecule has 0 saturated carbocycles. The molecule has 34 heavy (non-hydrogen) atoms. The Labute approximate surface area is 197 Å². The standard InChI is InChI=1S/C24H29F3N6O/c1-2-31(11-6-12-32-13-15-33(16-14-32)23-28-9-5-10-29-23)18-19-17-22(30-34-19)20-7-3-4-8-21(20)24(25,26)27/h3-5,7-10,17H,2,6,11-16,18H2,1H3. The third-order valence-corrected chi connectivity index (χ3v) is 6.05. The highest BCUT2D eigenvalue weighted by Crippen LogP contribution is 2.36. The molecule has 1 fully saturated rings. The van der Waals surface area contributed by atoms with E-state index in [2.05, 4.69) is 36.7 Å². The molecule has 7 nitrogen and oxygen atoms in total. The average Bonchev–Trinajstić information content (AvgIpc) is 3.32. The van der Waals surface area contributed by atoms with Crippen molar-refractivity contribution in [3.8, 4) is 11.3 Å². The van der Waals surface area contributed by atoms with Crippen LogP contribution in [0.15, 0.2) is 53.3 Å². The van der Waals surface area contributed by atoms with E-state index in [9.17, 15) is 13.2 Å². The highest BCUT2D eigenvalue weighted by atomic mass is 19.4. The van der Waals surface area contributed by atoms with E-state index in [1.54, 1.807) is 24.5 Å². The number of halogens is 3. The summed E-state index contributed by atoms with van der Waals surface area (Å²) in [7, 11) is 0. The van der Waals surface area contributed by atoms with Gasteiger partial charge >= 0.3 is 6.18 Å². The Morgan fingerprint density at radius 3 is 2.47 bits per heavy atom. The summed E-state index contributed by atoms with van der Waals surface area (Å²) in [6, 6.07) is 8.87. The molecule has 3 heterocycles. The first-order chi connectivity index (χ1) is 16.4. The first kappa shape index (κ1) is 24.2. The van der Waals surface area contributed by atoms with E-state index < -0.39 is 11.7 Å². The molecule has 1 aliphatic rings. The minimum absolute atomic E-state index is 0.0353. The van der Waals surface area contributed by atoms with Crippen LogP contribution in [0.3, 0.4) is 0 Å². The van der Waals surface area contributed by atoms with Crippen molar-refractivity contribution in [2.75, 3.05) is 50.7 Å². The minimum atomic E-state index is -4.44. The van der Waals surface area contributed by atoms with Gasteiger partial charge in [0.25, 0.3) is 0 Å². The lowest BCUT2D eigenvalue weighted by molar-refractivity contribution is -0.137. The van der Waals surface area contributed by atoms with Crippen LogP contribution in [0.4, 0.5) is 19.1 Å². The molecule has 1 saturated heterocycles. The van der Waals surface area contributed by atoms with Gasteiger partial charge in [-0.3, -0.25) is 9.80 Å². The van der Waals surface area contributed by atoms with Gasteiger partial charge in [0.05, 0.1) is 12.1 Å². The molecule has 1 aromatic carbocycles. The number of hydrogen-bond donors (Lipinski definition) is 0. The Balaban J connectivity index is 1.26. The van der Waals surface area contributed by atoms with E-state index in [-0.39, 0.29) is 11.3 Å². The molecule has 182 valence electrons.